The maximum Gasteiger partial charge on any atom is 0.330 e. The van der Waals surface area contributed by atoms with E-state index in [1.807, 2.05) is 4.98 Å². The molecule has 1 aliphatic rings. The number of carbonyl (C=O) groups is 1. The molecule has 0 unspecified atom stereocenters. The minimum Gasteiger partial charge on any atom is -0.463 e. The Morgan fingerprint density at radius 3 is 2.36 bits per heavy atom. The molecule has 1 aromatic rings. The largest absolute Gasteiger partial charge is 0.463 e. The number of aromatic amines is 1. The second-order valence-electron chi connectivity index (χ2n) is 9.59. The molecule has 204 valence electrons. The van der Waals surface area contributed by atoms with Crippen LogP contribution in [0.2, 0.25) is 0 Å². The fourth-order valence-corrected chi connectivity index (χ4v) is 4.30. The number of halogens is 1. The molecule has 0 aromatic carbocycles. The maximum absolute atomic E-state index is 13.5. The predicted octanol–water partition coefficient (Wildman–Crippen LogP) is 4.90. The van der Waals surface area contributed by atoms with Crippen LogP contribution in [-0.4, -0.2) is 39.4 Å². The van der Waals surface area contributed by atoms with Gasteiger partial charge < -0.3 is 14.6 Å². The van der Waals surface area contributed by atoms with E-state index in [9.17, 15) is 23.9 Å². The van der Waals surface area contributed by atoms with Gasteiger partial charge in [-0.05, 0) is 32.1 Å². The summed E-state index contributed by atoms with van der Waals surface area (Å²) in [6.45, 7) is 2.09. The molecule has 0 amide bonds. The molecule has 3 atom stereocenters. The molecule has 36 heavy (non-hydrogen) atoms. The lowest BCUT2D eigenvalue weighted by Gasteiger charge is -2.16. The Balaban J connectivity index is 1.49. The Morgan fingerprint density at radius 1 is 1.08 bits per heavy atom. The van der Waals surface area contributed by atoms with E-state index in [-0.39, 0.29) is 19.0 Å². The molecule has 2 heterocycles. The second-order valence-corrected chi connectivity index (χ2v) is 9.59. The van der Waals surface area contributed by atoms with E-state index in [0.29, 0.717) is 6.42 Å². The highest BCUT2D eigenvalue weighted by atomic mass is 19.1. The first-order valence-corrected chi connectivity index (χ1v) is 13.6. The van der Waals surface area contributed by atoms with E-state index in [2.05, 4.69) is 19.1 Å². The number of allylic oxidation sites excluding steroid dienone is 2. The monoisotopic (exact) mass is 510 g/mol. The maximum atomic E-state index is 13.5. The molecule has 0 radical (unpaired) electrons. The van der Waals surface area contributed by atoms with Crippen molar-refractivity contribution in [2.75, 3.05) is 6.61 Å². The first kappa shape index (κ1) is 30.0. The molecular formula is C27H43FN2O6. The molecule has 9 heteroatoms. The van der Waals surface area contributed by atoms with E-state index < -0.39 is 35.5 Å². The summed E-state index contributed by atoms with van der Waals surface area (Å²) in [6.07, 6.45) is 18.3. The third kappa shape index (κ3) is 11.2. The number of rotatable bonds is 18. The van der Waals surface area contributed by atoms with Crippen LogP contribution in [0.5, 0.6) is 0 Å². The van der Waals surface area contributed by atoms with Gasteiger partial charge in [0.1, 0.15) is 18.9 Å². The molecule has 2 N–H and O–H groups in total. The van der Waals surface area contributed by atoms with E-state index in [1.54, 1.807) is 0 Å². The summed E-state index contributed by atoms with van der Waals surface area (Å²) in [7, 11) is 0. The predicted molar refractivity (Wildman–Crippen MR) is 136 cm³/mol. The molecule has 1 saturated heterocycles. The van der Waals surface area contributed by atoms with Gasteiger partial charge in [0.15, 0.2) is 0 Å². The van der Waals surface area contributed by atoms with E-state index in [4.69, 9.17) is 9.47 Å². The van der Waals surface area contributed by atoms with Crippen LogP contribution in [0, 0.1) is 5.82 Å². The minimum absolute atomic E-state index is 0.0157. The van der Waals surface area contributed by atoms with Crippen LogP contribution in [0.4, 0.5) is 4.39 Å². The normalized spacial score (nSPS) is 19.8. The van der Waals surface area contributed by atoms with Gasteiger partial charge in [-0.2, -0.15) is 4.39 Å². The van der Waals surface area contributed by atoms with Crippen LogP contribution < -0.4 is 11.2 Å². The van der Waals surface area contributed by atoms with E-state index in [1.165, 1.54) is 44.9 Å². The van der Waals surface area contributed by atoms with Gasteiger partial charge in [0, 0.05) is 12.8 Å². The summed E-state index contributed by atoms with van der Waals surface area (Å²) in [4.78, 5) is 36.9. The van der Waals surface area contributed by atoms with Crippen molar-refractivity contribution < 1.29 is 23.8 Å². The van der Waals surface area contributed by atoms with Crippen LogP contribution in [0.15, 0.2) is 27.9 Å². The zero-order chi connectivity index (χ0) is 26.2. The van der Waals surface area contributed by atoms with Crippen LogP contribution in [-0.2, 0) is 14.3 Å². The quantitative estimate of drug-likeness (QED) is 0.165. The molecule has 0 saturated carbocycles. The Bertz CT molecular complexity index is 912. The van der Waals surface area contributed by atoms with Gasteiger partial charge in [0.2, 0.25) is 5.82 Å². The minimum atomic E-state index is -1.12. The molecule has 1 fully saturated rings. The van der Waals surface area contributed by atoms with Crippen molar-refractivity contribution in [1.82, 2.24) is 9.55 Å². The lowest BCUT2D eigenvalue weighted by atomic mass is 10.1. The van der Waals surface area contributed by atoms with Crippen molar-refractivity contribution in [3.8, 4) is 0 Å². The Labute approximate surface area is 212 Å². The molecule has 0 spiro atoms. The Kier molecular flexibility index (Phi) is 14.4. The molecule has 8 nitrogen and oxygen atoms in total. The third-order valence-electron chi connectivity index (χ3n) is 6.49. The van der Waals surface area contributed by atoms with Crippen molar-refractivity contribution in [2.45, 2.75) is 122 Å². The third-order valence-corrected chi connectivity index (χ3v) is 6.49. The average Bonchev–Trinajstić information content (AvgIpc) is 3.22. The fourth-order valence-electron chi connectivity index (χ4n) is 4.30. The lowest BCUT2D eigenvalue weighted by molar-refractivity contribution is -0.150. The van der Waals surface area contributed by atoms with Crippen LogP contribution in [0.3, 0.4) is 0 Å². The summed E-state index contributed by atoms with van der Waals surface area (Å²) in [5, 5.41) is 10.2. The zero-order valence-corrected chi connectivity index (χ0v) is 21.6. The number of hydrogen-bond donors (Lipinski definition) is 2. The number of aliphatic hydroxyl groups is 1. The lowest BCUT2D eigenvalue weighted by Crippen LogP contribution is -2.34. The molecule has 0 bridgehead atoms. The Hall–Kier alpha value is -2.26. The first-order chi connectivity index (χ1) is 17.4. The van der Waals surface area contributed by atoms with Crippen LogP contribution in [0.25, 0.3) is 0 Å². The van der Waals surface area contributed by atoms with Gasteiger partial charge in [-0.1, -0.05) is 70.4 Å². The summed E-state index contributed by atoms with van der Waals surface area (Å²) < 4.78 is 25.2. The van der Waals surface area contributed by atoms with Gasteiger partial charge >= 0.3 is 11.7 Å². The van der Waals surface area contributed by atoms with Gasteiger partial charge in [-0.3, -0.25) is 19.1 Å². The van der Waals surface area contributed by atoms with Gasteiger partial charge in [-0.25, -0.2) is 4.79 Å². The second kappa shape index (κ2) is 17.2. The summed E-state index contributed by atoms with van der Waals surface area (Å²) in [5.74, 6) is -1.48. The molecule has 1 aromatic heterocycles. The fraction of sp³-hybridized carbons (Fsp3) is 0.741. The average molecular weight is 511 g/mol. The topological polar surface area (TPSA) is 111 Å². The number of nitrogens with zero attached hydrogens (tertiary/aromatic N) is 1. The number of esters is 1. The number of carbonyl (C=O) groups excluding carboxylic acids is 1. The number of unbranched alkanes of at least 4 members (excludes halogenated alkanes) is 11. The smallest absolute Gasteiger partial charge is 0.330 e. The summed E-state index contributed by atoms with van der Waals surface area (Å²) in [5.41, 5.74) is -1.95. The van der Waals surface area contributed by atoms with Gasteiger partial charge in [0.05, 0.1) is 12.3 Å². The number of H-pyrrole nitrogens is 1. The SMILES string of the molecule is CCCCCCCC/C=C\CCCCCCCC(=O)OC[C@H]1O[C@@H](n2cc(F)c(=O)[nH]c2=O)C[C@@H]1O. The standard InChI is InChI=1S/C27H43FN2O6/c1-2-3-4-5-6-7-8-9-10-11-12-13-14-15-16-17-25(32)35-20-23-22(31)18-24(36-23)30-19-21(28)26(33)29-27(30)34/h9-10,19,22-24,31H,2-8,11-18,20H2,1H3,(H,29,33,34)/b10-9-/t22-,23+,24+/m0/s1. The molecule has 0 aliphatic carbocycles. The van der Waals surface area contributed by atoms with Gasteiger partial charge in [-0.15, -0.1) is 0 Å². The van der Waals surface area contributed by atoms with Crippen molar-refractivity contribution in [3.63, 3.8) is 0 Å². The molecular weight excluding hydrogens is 467 g/mol. The van der Waals surface area contributed by atoms with Crippen molar-refractivity contribution in [3.05, 3.63) is 45.0 Å². The Morgan fingerprint density at radius 2 is 1.69 bits per heavy atom. The van der Waals surface area contributed by atoms with Gasteiger partial charge in [0.25, 0.3) is 5.56 Å². The number of aromatic nitrogens is 2. The number of ether oxygens (including phenoxy) is 2. The highest BCUT2D eigenvalue weighted by Gasteiger charge is 2.36. The van der Waals surface area contributed by atoms with E-state index in [0.717, 1.165) is 49.3 Å². The van der Waals surface area contributed by atoms with E-state index >= 15 is 0 Å². The molecule has 1 aliphatic heterocycles. The number of hydrogen-bond acceptors (Lipinski definition) is 6. The van der Waals surface area contributed by atoms with Crippen molar-refractivity contribution in [1.29, 1.82) is 0 Å². The number of aliphatic hydroxyl groups excluding tert-OH is 1. The van der Waals surface area contributed by atoms with Crippen LogP contribution in [0.1, 0.15) is 109 Å². The van der Waals surface area contributed by atoms with Crippen LogP contribution >= 0.6 is 0 Å². The zero-order valence-electron chi connectivity index (χ0n) is 21.6. The summed E-state index contributed by atoms with van der Waals surface area (Å²) in [6, 6.07) is 0. The molecule has 2 rings (SSSR count). The first-order valence-electron chi connectivity index (χ1n) is 13.6. The summed E-state index contributed by atoms with van der Waals surface area (Å²) >= 11 is 0. The van der Waals surface area contributed by atoms with Crippen molar-refractivity contribution >= 4 is 5.97 Å². The highest BCUT2D eigenvalue weighted by Crippen LogP contribution is 2.28. The highest BCUT2D eigenvalue weighted by molar-refractivity contribution is 5.69. The van der Waals surface area contributed by atoms with Crippen molar-refractivity contribution in [2.24, 2.45) is 0 Å². The number of nitrogens with one attached hydrogen (secondary N) is 1.